The molecule has 17 heavy (non-hydrogen) atoms. The lowest BCUT2D eigenvalue weighted by Crippen LogP contribution is -2.37. The quantitative estimate of drug-likeness (QED) is 0.737. The average molecular weight is 265 g/mol. The topological polar surface area (TPSA) is 83.5 Å². The fourth-order valence-electron chi connectivity index (χ4n) is 1.05. The summed E-state index contributed by atoms with van der Waals surface area (Å²) in [4.78, 5) is 11.6. The van der Waals surface area contributed by atoms with Crippen LogP contribution < -0.4 is 5.32 Å². The highest BCUT2D eigenvalue weighted by Crippen LogP contribution is 2.40. The van der Waals surface area contributed by atoms with Crippen LogP contribution in [0.4, 0.5) is 0 Å². The normalized spacial score (nSPS) is 13.5. The first-order chi connectivity index (χ1) is 7.35. The van der Waals surface area contributed by atoms with E-state index in [1.807, 2.05) is 13.8 Å². The third kappa shape index (κ3) is 6.63. The monoisotopic (exact) mass is 265 g/mol. The van der Waals surface area contributed by atoms with Gasteiger partial charge in [0, 0.05) is 13.0 Å². The Morgan fingerprint density at radius 3 is 2.00 bits per heavy atom. The zero-order chi connectivity index (χ0) is 13.9. The molecule has 0 bridgehead atoms. The second-order valence-electron chi connectivity index (χ2n) is 5.95. The van der Waals surface area contributed by atoms with Crippen LogP contribution in [0.5, 0.6) is 0 Å². The first-order valence-electron chi connectivity index (χ1n) is 5.57. The van der Waals surface area contributed by atoms with Crippen LogP contribution in [-0.2, 0) is 14.9 Å². The summed E-state index contributed by atoms with van der Waals surface area (Å²) in [5.74, 6) is -0.650. The molecule has 0 spiro atoms. The Labute approximate surface area is 104 Å². The lowest BCUT2D eigenvalue weighted by molar-refractivity contribution is -0.124. The van der Waals surface area contributed by atoms with Gasteiger partial charge >= 0.3 is 0 Å². The first-order valence-corrected chi connectivity index (χ1v) is 7.18. The molecule has 0 saturated carbocycles. The molecular weight excluding hydrogens is 242 g/mol. The van der Waals surface area contributed by atoms with E-state index in [2.05, 4.69) is 26.1 Å². The van der Waals surface area contributed by atoms with Crippen molar-refractivity contribution in [1.82, 2.24) is 5.32 Å². The van der Waals surface area contributed by atoms with Gasteiger partial charge in [0.15, 0.2) is 0 Å². The van der Waals surface area contributed by atoms with Gasteiger partial charge in [0.1, 0.15) is 0 Å². The van der Waals surface area contributed by atoms with E-state index in [0.29, 0.717) is 6.42 Å². The molecule has 6 heteroatoms. The third-order valence-corrected chi connectivity index (χ3v) is 4.04. The van der Waals surface area contributed by atoms with E-state index < -0.39 is 15.9 Å². The number of hydrogen-bond donors (Lipinski definition) is 2. The third-order valence-electron chi connectivity index (χ3n) is 3.32. The molecule has 0 aliphatic heterocycles. The maximum absolute atomic E-state index is 11.6. The van der Waals surface area contributed by atoms with Crippen molar-refractivity contribution < 1.29 is 17.8 Å². The van der Waals surface area contributed by atoms with Crippen molar-refractivity contribution in [3.8, 4) is 0 Å². The van der Waals surface area contributed by atoms with E-state index in [0.717, 1.165) is 0 Å². The Morgan fingerprint density at radius 1 is 1.18 bits per heavy atom. The SMILES string of the molecule is CC(C)(C)C(C)(C)CC(=O)NCCS(=O)(=O)O. The molecule has 0 aromatic heterocycles. The van der Waals surface area contributed by atoms with Crippen LogP contribution in [0.25, 0.3) is 0 Å². The maximum Gasteiger partial charge on any atom is 0.266 e. The van der Waals surface area contributed by atoms with Crippen LogP contribution in [-0.4, -0.2) is 31.2 Å². The van der Waals surface area contributed by atoms with E-state index in [1.54, 1.807) is 0 Å². The lowest BCUT2D eigenvalue weighted by Gasteiger charge is -2.38. The molecule has 1 amide bonds. The Balaban J connectivity index is 4.21. The highest BCUT2D eigenvalue weighted by atomic mass is 32.2. The van der Waals surface area contributed by atoms with Gasteiger partial charge in [-0.15, -0.1) is 0 Å². The molecule has 0 rings (SSSR count). The first kappa shape index (κ1) is 16.4. The summed E-state index contributed by atoms with van der Waals surface area (Å²) in [6, 6.07) is 0. The summed E-state index contributed by atoms with van der Waals surface area (Å²) in [5.41, 5.74) is -0.206. The Hall–Kier alpha value is -0.620. The second-order valence-corrected chi connectivity index (χ2v) is 7.52. The van der Waals surface area contributed by atoms with Gasteiger partial charge in [0.05, 0.1) is 5.75 Å². The molecule has 0 aliphatic carbocycles. The summed E-state index contributed by atoms with van der Waals surface area (Å²) >= 11 is 0. The summed E-state index contributed by atoms with van der Waals surface area (Å²) in [7, 11) is -4.01. The van der Waals surface area contributed by atoms with Crippen molar-refractivity contribution in [1.29, 1.82) is 0 Å². The predicted octanol–water partition coefficient (Wildman–Crippen LogP) is 1.45. The highest BCUT2D eigenvalue weighted by Gasteiger charge is 2.34. The molecule has 0 radical (unpaired) electrons. The molecule has 102 valence electrons. The number of nitrogens with one attached hydrogen (secondary N) is 1. The van der Waals surface area contributed by atoms with E-state index in [4.69, 9.17) is 4.55 Å². The van der Waals surface area contributed by atoms with Gasteiger partial charge in [-0.1, -0.05) is 34.6 Å². The summed E-state index contributed by atoms with van der Waals surface area (Å²) in [6.07, 6.45) is 0.321. The van der Waals surface area contributed by atoms with Gasteiger partial charge in [-0.25, -0.2) is 0 Å². The number of hydrogen-bond acceptors (Lipinski definition) is 3. The molecule has 0 aromatic carbocycles. The van der Waals surface area contributed by atoms with Crippen molar-refractivity contribution >= 4 is 16.0 Å². The second kappa shape index (κ2) is 5.35. The van der Waals surface area contributed by atoms with Gasteiger partial charge in [-0.05, 0) is 10.8 Å². The molecule has 5 nitrogen and oxygen atoms in total. The van der Waals surface area contributed by atoms with Gasteiger partial charge in [0.25, 0.3) is 10.1 Å². The molecule has 0 aliphatic rings. The average Bonchev–Trinajstić information content (AvgIpc) is 1.97. The minimum absolute atomic E-state index is 0.0204. The molecule has 0 unspecified atom stereocenters. The number of rotatable bonds is 5. The lowest BCUT2D eigenvalue weighted by atomic mass is 9.67. The van der Waals surface area contributed by atoms with Gasteiger partial charge < -0.3 is 5.32 Å². The Morgan fingerprint density at radius 2 is 1.65 bits per heavy atom. The number of amides is 1. The van der Waals surface area contributed by atoms with Gasteiger partial charge in [0.2, 0.25) is 5.91 Å². The maximum atomic E-state index is 11.6. The largest absolute Gasteiger partial charge is 0.355 e. The predicted molar refractivity (Wildman–Crippen MR) is 67.3 cm³/mol. The van der Waals surface area contributed by atoms with E-state index in [9.17, 15) is 13.2 Å². The minimum Gasteiger partial charge on any atom is -0.355 e. The highest BCUT2D eigenvalue weighted by molar-refractivity contribution is 7.85. The minimum atomic E-state index is -4.01. The zero-order valence-electron chi connectivity index (χ0n) is 11.2. The van der Waals surface area contributed by atoms with Crippen molar-refractivity contribution in [2.24, 2.45) is 10.8 Å². The Kier molecular flexibility index (Phi) is 5.16. The van der Waals surface area contributed by atoms with Crippen LogP contribution in [0, 0.1) is 10.8 Å². The summed E-state index contributed by atoms with van der Waals surface area (Å²) < 4.78 is 29.4. The molecular formula is C11H23NO4S. The van der Waals surface area contributed by atoms with Crippen molar-refractivity contribution in [2.45, 2.75) is 41.0 Å². The van der Waals surface area contributed by atoms with E-state index >= 15 is 0 Å². The molecule has 0 heterocycles. The fourth-order valence-corrected chi connectivity index (χ4v) is 1.41. The fraction of sp³-hybridized carbons (Fsp3) is 0.909. The van der Waals surface area contributed by atoms with Crippen molar-refractivity contribution in [2.75, 3.05) is 12.3 Å². The molecule has 0 fully saturated rings. The van der Waals surface area contributed by atoms with Crippen LogP contribution in [0.3, 0.4) is 0 Å². The molecule has 0 aromatic rings. The standard InChI is InChI=1S/C11H23NO4S/c1-10(2,3)11(4,5)8-9(13)12-6-7-17(14,15)16/h6-8H2,1-5H3,(H,12,13)(H,14,15,16). The van der Waals surface area contributed by atoms with Crippen LogP contribution >= 0.6 is 0 Å². The molecule has 0 atom stereocenters. The number of carbonyl (C=O) groups excluding carboxylic acids is 1. The van der Waals surface area contributed by atoms with Gasteiger partial charge in [-0.3, -0.25) is 9.35 Å². The molecule has 2 N–H and O–H groups in total. The number of carbonyl (C=O) groups is 1. The van der Waals surface area contributed by atoms with Crippen LogP contribution in [0.15, 0.2) is 0 Å². The van der Waals surface area contributed by atoms with Gasteiger partial charge in [-0.2, -0.15) is 8.42 Å². The van der Waals surface area contributed by atoms with Crippen molar-refractivity contribution in [3.63, 3.8) is 0 Å². The summed E-state index contributed by atoms with van der Waals surface area (Å²) in [5, 5.41) is 2.49. The Bertz CT molecular complexity index is 365. The van der Waals surface area contributed by atoms with Crippen LogP contribution in [0.1, 0.15) is 41.0 Å². The van der Waals surface area contributed by atoms with E-state index in [-0.39, 0.29) is 23.3 Å². The molecule has 0 saturated heterocycles. The van der Waals surface area contributed by atoms with Crippen molar-refractivity contribution in [3.05, 3.63) is 0 Å². The van der Waals surface area contributed by atoms with E-state index in [1.165, 1.54) is 0 Å². The van der Waals surface area contributed by atoms with Crippen LogP contribution in [0.2, 0.25) is 0 Å². The zero-order valence-corrected chi connectivity index (χ0v) is 12.0. The smallest absolute Gasteiger partial charge is 0.266 e. The summed E-state index contributed by atoms with van der Waals surface area (Å²) in [6.45, 7) is 10.1.